The maximum Gasteiger partial charge on any atom is 0.433 e. The molecule has 0 aliphatic carbocycles. The number of amides is 1. The Morgan fingerprint density at radius 3 is 2.63 bits per heavy atom. The van der Waals surface area contributed by atoms with E-state index in [4.69, 9.17) is 16.0 Å². The molecule has 2 heterocycles. The van der Waals surface area contributed by atoms with Crippen molar-refractivity contribution in [3.8, 4) is 0 Å². The van der Waals surface area contributed by atoms with Crippen molar-refractivity contribution >= 4 is 28.7 Å². The van der Waals surface area contributed by atoms with Crippen LogP contribution >= 0.6 is 11.6 Å². The molecule has 7 nitrogen and oxygen atoms in total. The molecule has 1 aromatic heterocycles. The molecule has 0 saturated carbocycles. The third-order valence-electron chi connectivity index (χ3n) is 2.79. The lowest BCUT2D eigenvalue weighted by atomic mass is 10.1. The van der Waals surface area contributed by atoms with Crippen LogP contribution in [-0.2, 0) is 0 Å². The van der Waals surface area contributed by atoms with Gasteiger partial charge in [0.25, 0.3) is 0 Å². The predicted octanol–water partition coefficient (Wildman–Crippen LogP) is 2.41. The zero-order valence-corrected chi connectivity index (χ0v) is 10.8. The highest BCUT2D eigenvalue weighted by Crippen LogP contribution is 2.17. The second-order valence-corrected chi connectivity index (χ2v) is 4.47. The van der Waals surface area contributed by atoms with Crippen LogP contribution in [0.25, 0.3) is 0 Å². The van der Waals surface area contributed by atoms with Crippen LogP contribution in [0.3, 0.4) is 0 Å². The minimum Gasteiger partial charge on any atom is -0.395 e. The zero-order valence-electron chi connectivity index (χ0n) is 10.0. The van der Waals surface area contributed by atoms with Crippen LogP contribution in [0.1, 0.15) is 29.8 Å². The number of piperidine rings is 1. The summed E-state index contributed by atoms with van der Waals surface area (Å²) in [7, 11) is 0. The number of halogens is 1. The van der Waals surface area contributed by atoms with Crippen molar-refractivity contribution in [3.63, 3.8) is 0 Å². The largest absolute Gasteiger partial charge is 0.433 e. The summed E-state index contributed by atoms with van der Waals surface area (Å²) in [6, 6.07) is 2.32. The Morgan fingerprint density at radius 2 is 2.05 bits per heavy atom. The molecule has 1 aromatic rings. The van der Waals surface area contributed by atoms with E-state index in [1.54, 1.807) is 4.90 Å². The van der Waals surface area contributed by atoms with Gasteiger partial charge in [0.1, 0.15) is 4.92 Å². The Morgan fingerprint density at radius 1 is 1.37 bits per heavy atom. The molecule has 19 heavy (non-hydrogen) atoms. The molecule has 0 bridgehead atoms. The van der Waals surface area contributed by atoms with E-state index in [0.29, 0.717) is 0 Å². The van der Waals surface area contributed by atoms with Crippen LogP contribution in [0.2, 0.25) is 0 Å². The summed E-state index contributed by atoms with van der Waals surface area (Å²) in [5, 5.41) is 10.5. The first-order valence-corrected chi connectivity index (χ1v) is 6.23. The molecular formula is C11H12ClN3O4. The van der Waals surface area contributed by atoms with Gasteiger partial charge in [0.05, 0.1) is 6.07 Å². The Kier molecular flexibility index (Phi) is 4.16. The minimum absolute atomic E-state index is 0.101. The SMILES string of the molecule is O=C(N=C(Cl)N1CCCCC1)c1ccc([N+](=O)[O-])o1. The third kappa shape index (κ3) is 3.31. The lowest BCUT2D eigenvalue weighted by Crippen LogP contribution is -2.33. The van der Waals surface area contributed by atoms with Gasteiger partial charge in [0, 0.05) is 13.1 Å². The number of nitrogens with zero attached hydrogens (tertiary/aromatic N) is 3. The molecule has 0 unspecified atom stereocenters. The molecule has 0 atom stereocenters. The number of rotatable bonds is 2. The fraction of sp³-hybridized carbons (Fsp3) is 0.455. The second-order valence-electron chi connectivity index (χ2n) is 4.13. The summed E-state index contributed by atoms with van der Waals surface area (Å²) in [4.78, 5) is 26.9. The number of aliphatic imine (C=N–C) groups is 1. The lowest BCUT2D eigenvalue weighted by molar-refractivity contribution is -0.402. The third-order valence-corrected chi connectivity index (χ3v) is 3.12. The van der Waals surface area contributed by atoms with Crippen LogP contribution in [-0.4, -0.2) is 34.1 Å². The van der Waals surface area contributed by atoms with Gasteiger partial charge in [0.15, 0.2) is 0 Å². The topological polar surface area (TPSA) is 89.0 Å². The first kappa shape index (κ1) is 13.5. The Balaban J connectivity index is 2.07. The molecule has 0 N–H and O–H groups in total. The molecule has 2 rings (SSSR count). The van der Waals surface area contributed by atoms with Crippen molar-refractivity contribution in [1.29, 1.82) is 0 Å². The summed E-state index contributed by atoms with van der Waals surface area (Å²) in [6.45, 7) is 1.52. The van der Waals surface area contributed by atoms with Crippen LogP contribution in [0.15, 0.2) is 21.5 Å². The second kappa shape index (κ2) is 5.83. The summed E-state index contributed by atoms with van der Waals surface area (Å²) in [5.74, 6) is -1.40. The molecular weight excluding hydrogens is 274 g/mol. The summed E-state index contributed by atoms with van der Waals surface area (Å²) in [6.07, 6.45) is 3.15. The quantitative estimate of drug-likeness (QED) is 0.274. The van der Waals surface area contributed by atoms with E-state index in [1.807, 2.05) is 0 Å². The molecule has 0 spiro atoms. The van der Waals surface area contributed by atoms with Crippen molar-refractivity contribution in [2.75, 3.05) is 13.1 Å². The number of likely N-dealkylation sites (tertiary alicyclic amines) is 1. The highest BCUT2D eigenvalue weighted by atomic mass is 35.5. The van der Waals surface area contributed by atoms with E-state index in [1.165, 1.54) is 6.07 Å². The first-order chi connectivity index (χ1) is 9.08. The minimum atomic E-state index is -0.719. The van der Waals surface area contributed by atoms with Crippen molar-refractivity contribution in [2.24, 2.45) is 4.99 Å². The van der Waals surface area contributed by atoms with Gasteiger partial charge in [-0.2, -0.15) is 4.99 Å². The highest BCUT2D eigenvalue weighted by Gasteiger charge is 2.19. The van der Waals surface area contributed by atoms with Gasteiger partial charge < -0.3 is 9.32 Å². The Labute approximate surface area is 114 Å². The van der Waals surface area contributed by atoms with Crippen molar-refractivity contribution in [3.05, 3.63) is 28.0 Å². The fourth-order valence-electron chi connectivity index (χ4n) is 1.83. The number of amidine groups is 1. The van der Waals surface area contributed by atoms with E-state index < -0.39 is 16.7 Å². The van der Waals surface area contributed by atoms with Crippen molar-refractivity contribution in [2.45, 2.75) is 19.3 Å². The average molecular weight is 286 g/mol. The summed E-state index contributed by atoms with van der Waals surface area (Å²) in [5.41, 5.74) is 0. The normalized spacial score (nSPS) is 16.5. The van der Waals surface area contributed by atoms with Gasteiger partial charge in [0.2, 0.25) is 11.1 Å². The van der Waals surface area contributed by atoms with Crippen LogP contribution in [0.5, 0.6) is 0 Å². The molecule has 1 aliphatic rings. The summed E-state index contributed by atoms with van der Waals surface area (Å²) < 4.78 is 4.76. The maximum atomic E-state index is 11.7. The van der Waals surface area contributed by atoms with Gasteiger partial charge >= 0.3 is 11.8 Å². The van der Waals surface area contributed by atoms with Crippen LogP contribution in [0.4, 0.5) is 5.88 Å². The van der Waals surface area contributed by atoms with E-state index in [9.17, 15) is 14.9 Å². The number of hydrogen-bond acceptors (Lipinski definition) is 4. The molecule has 1 saturated heterocycles. The van der Waals surface area contributed by atoms with Gasteiger partial charge in [-0.25, -0.2) is 0 Å². The average Bonchev–Trinajstić information content (AvgIpc) is 2.89. The van der Waals surface area contributed by atoms with E-state index in [2.05, 4.69) is 4.99 Å². The molecule has 1 aliphatic heterocycles. The van der Waals surface area contributed by atoms with Gasteiger partial charge in [-0.05, 0) is 36.9 Å². The maximum absolute atomic E-state index is 11.7. The molecule has 1 fully saturated rings. The smallest absolute Gasteiger partial charge is 0.395 e. The van der Waals surface area contributed by atoms with E-state index in [-0.39, 0.29) is 11.1 Å². The Bertz CT molecular complexity index is 520. The number of furan rings is 1. The first-order valence-electron chi connectivity index (χ1n) is 5.85. The fourth-order valence-corrected chi connectivity index (χ4v) is 2.07. The predicted molar refractivity (Wildman–Crippen MR) is 68.4 cm³/mol. The zero-order chi connectivity index (χ0) is 13.8. The Hall–Kier alpha value is -1.89. The van der Waals surface area contributed by atoms with Gasteiger partial charge in [-0.1, -0.05) is 0 Å². The molecule has 102 valence electrons. The van der Waals surface area contributed by atoms with E-state index in [0.717, 1.165) is 38.4 Å². The van der Waals surface area contributed by atoms with Crippen molar-refractivity contribution < 1.29 is 14.1 Å². The summed E-state index contributed by atoms with van der Waals surface area (Å²) >= 11 is 5.95. The van der Waals surface area contributed by atoms with Gasteiger partial charge in [-0.15, -0.1) is 0 Å². The van der Waals surface area contributed by atoms with E-state index >= 15 is 0 Å². The molecule has 8 heteroatoms. The van der Waals surface area contributed by atoms with Gasteiger partial charge in [-0.3, -0.25) is 14.9 Å². The van der Waals surface area contributed by atoms with Crippen LogP contribution < -0.4 is 0 Å². The number of carbonyl (C=O) groups excluding carboxylic acids is 1. The van der Waals surface area contributed by atoms with Crippen molar-refractivity contribution in [1.82, 2.24) is 4.90 Å². The molecule has 1 amide bonds. The number of hydrogen-bond donors (Lipinski definition) is 0. The monoisotopic (exact) mass is 285 g/mol. The standard InChI is InChI=1S/C11H12ClN3O4/c12-11(14-6-2-1-3-7-14)13-10(16)8-4-5-9(19-8)15(17)18/h4-5H,1-3,6-7H2. The number of nitro groups is 1. The number of carbonyl (C=O) groups is 1. The highest BCUT2D eigenvalue weighted by molar-refractivity contribution is 6.65. The van der Waals surface area contributed by atoms with Crippen LogP contribution in [0, 0.1) is 10.1 Å². The molecule has 0 aromatic carbocycles. The molecule has 0 radical (unpaired) electrons. The lowest BCUT2D eigenvalue weighted by Gasteiger charge is -2.26.